The van der Waals surface area contributed by atoms with Crippen molar-refractivity contribution in [3.05, 3.63) is 64.1 Å². The summed E-state index contributed by atoms with van der Waals surface area (Å²) in [5.41, 5.74) is 1.04. The highest BCUT2D eigenvalue weighted by Gasteiger charge is 2.08. The number of hydrogen-bond donors (Lipinski definition) is 1. The molecule has 1 radical (unpaired) electrons. The van der Waals surface area contributed by atoms with Gasteiger partial charge in [0.2, 0.25) is 0 Å². The fraction of sp³-hybridized carbons (Fsp3) is 0. The van der Waals surface area contributed by atoms with Crippen LogP contribution in [-0.4, -0.2) is 5.91 Å². The monoisotopic (exact) mass is 264 g/mol. The first kappa shape index (κ1) is 12.0. The Bertz CT molecular complexity index is 540. The molecule has 1 N–H and O–H groups in total. The van der Waals surface area contributed by atoms with Gasteiger partial charge in [-0.3, -0.25) is 4.79 Å². The van der Waals surface area contributed by atoms with Gasteiger partial charge in [-0.2, -0.15) is 0 Å². The van der Waals surface area contributed by atoms with E-state index in [0.29, 0.717) is 21.3 Å². The summed E-state index contributed by atoms with van der Waals surface area (Å²) in [5.74, 6) is -0.227. The van der Waals surface area contributed by atoms with Crippen molar-refractivity contribution < 1.29 is 4.79 Å². The molecule has 2 rings (SSSR count). The summed E-state index contributed by atoms with van der Waals surface area (Å²) >= 11 is 11.7. The van der Waals surface area contributed by atoms with E-state index in [0.717, 1.165) is 0 Å². The van der Waals surface area contributed by atoms with E-state index in [4.69, 9.17) is 23.2 Å². The Kier molecular flexibility index (Phi) is 3.67. The van der Waals surface area contributed by atoms with E-state index in [9.17, 15) is 4.79 Å². The lowest BCUT2D eigenvalue weighted by Crippen LogP contribution is -2.11. The van der Waals surface area contributed by atoms with Crippen molar-refractivity contribution in [2.45, 2.75) is 0 Å². The average molecular weight is 265 g/mol. The molecule has 2 nitrogen and oxygen atoms in total. The number of anilines is 1. The molecular formula is C13H8Cl2NO. The van der Waals surface area contributed by atoms with Gasteiger partial charge in [-0.1, -0.05) is 41.4 Å². The lowest BCUT2D eigenvalue weighted by Gasteiger charge is -2.07. The van der Waals surface area contributed by atoms with E-state index >= 15 is 0 Å². The van der Waals surface area contributed by atoms with Crippen molar-refractivity contribution in [3.63, 3.8) is 0 Å². The lowest BCUT2D eigenvalue weighted by atomic mass is 10.2. The second kappa shape index (κ2) is 5.21. The Morgan fingerprint density at radius 1 is 1.18 bits per heavy atom. The van der Waals surface area contributed by atoms with Gasteiger partial charge < -0.3 is 5.32 Å². The van der Waals surface area contributed by atoms with Crippen LogP contribution in [0.25, 0.3) is 0 Å². The smallest absolute Gasteiger partial charge is 0.255 e. The number of carbonyl (C=O) groups excluding carboxylic acids is 1. The van der Waals surface area contributed by atoms with Crippen LogP contribution in [0.4, 0.5) is 5.69 Å². The summed E-state index contributed by atoms with van der Waals surface area (Å²) in [6, 6.07) is 14.7. The molecule has 4 heteroatoms. The largest absolute Gasteiger partial charge is 0.321 e. The van der Waals surface area contributed by atoms with Gasteiger partial charge in [0.25, 0.3) is 5.91 Å². The number of nitrogens with one attached hydrogen (secondary N) is 1. The first-order valence-electron chi connectivity index (χ1n) is 4.90. The molecule has 0 bridgehead atoms. The summed E-state index contributed by atoms with van der Waals surface area (Å²) in [5, 5.41) is 3.49. The van der Waals surface area contributed by atoms with Gasteiger partial charge in [-0.15, -0.1) is 0 Å². The number of carbonyl (C=O) groups is 1. The average Bonchev–Trinajstić information content (AvgIpc) is 2.35. The molecule has 85 valence electrons. The number of benzene rings is 2. The molecule has 2 aromatic rings. The van der Waals surface area contributed by atoms with Crippen molar-refractivity contribution in [3.8, 4) is 0 Å². The number of hydrogen-bond acceptors (Lipinski definition) is 1. The highest BCUT2D eigenvalue weighted by molar-refractivity contribution is 6.35. The molecule has 0 saturated carbocycles. The third-order valence-electron chi connectivity index (χ3n) is 2.15. The van der Waals surface area contributed by atoms with Crippen LogP contribution in [0.3, 0.4) is 0 Å². The number of halogens is 2. The quantitative estimate of drug-likeness (QED) is 0.872. The van der Waals surface area contributed by atoms with Crippen LogP contribution in [-0.2, 0) is 0 Å². The van der Waals surface area contributed by atoms with Crippen LogP contribution in [0, 0.1) is 6.07 Å². The van der Waals surface area contributed by atoms with E-state index in [2.05, 4.69) is 11.4 Å². The molecule has 0 atom stereocenters. The van der Waals surface area contributed by atoms with Gasteiger partial charge in [-0.25, -0.2) is 0 Å². The zero-order chi connectivity index (χ0) is 12.3. The zero-order valence-electron chi connectivity index (χ0n) is 8.71. The maximum absolute atomic E-state index is 11.9. The molecule has 1 amide bonds. The second-order valence-corrected chi connectivity index (χ2v) is 4.18. The minimum absolute atomic E-state index is 0.227. The Balaban J connectivity index is 2.22. The topological polar surface area (TPSA) is 29.1 Å². The molecule has 0 saturated heterocycles. The maximum atomic E-state index is 11.9. The Hall–Kier alpha value is -1.51. The van der Waals surface area contributed by atoms with Crippen LogP contribution < -0.4 is 5.32 Å². The minimum atomic E-state index is -0.227. The fourth-order valence-electron chi connectivity index (χ4n) is 1.33. The summed E-state index contributed by atoms with van der Waals surface area (Å²) in [4.78, 5) is 11.9. The van der Waals surface area contributed by atoms with Crippen molar-refractivity contribution in [1.82, 2.24) is 0 Å². The Morgan fingerprint density at radius 2 is 1.88 bits per heavy atom. The van der Waals surface area contributed by atoms with Gasteiger partial charge >= 0.3 is 0 Å². The predicted octanol–water partition coefficient (Wildman–Crippen LogP) is 4.05. The first-order valence-corrected chi connectivity index (χ1v) is 5.65. The molecule has 17 heavy (non-hydrogen) atoms. The molecular weight excluding hydrogens is 257 g/mol. The molecule has 0 heterocycles. The van der Waals surface area contributed by atoms with E-state index in [1.54, 1.807) is 30.3 Å². The summed E-state index contributed by atoms with van der Waals surface area (Å²) in [6.45, 7) is 0. The molecule has 2 aromatic carbocycles. The summed E-state index contributed by atoms with van der Waals surface area (Å²) in [6.07, 6.45) is 0. The normalized spacial score (nSPS) is 10.0. The van der Waals surface area contributed by atoms with Gasteiger partial charge in [0.15, 0.2) is 0 Å². The second-order valence-electron chi connectivity index (χ2n) is 3.36. The maximum Gasteiger partial charge on any atom is 0.255 e. The highest BCUT2D eigenvalue weighted by atomic mass is 35.5. The summed E-state index contributed by atoms with van der Waals surface area (Å²) in [7, 11) is 0. The van der Waals surface area contributed by atoms with Gasteiger partial charge in [0.05, 0.1) is 15.7 Å². The SMILES string of the molecule is O=C(Nc1cc(Cl)[c]cc1Cl)c1ccccc1. The molecule has 0 unspecified atom stereocenters. The van der Waals surface area contributed by atoms with Crippen molar-refractivity contribution in [2.24, 2.45) is 0 Å². The highest BCUT2D eigenvalue weighted by Crippen LogP contribution is 2.25. The predicted molar refractivity (Wildman–Crippen MR) is 69.7 cm³/mol. The van der Waals surface area contributed by atoms with Crippen molar-refractivity contribution in [1.29, 1.82) is 0 Å². The standard InChI is InChI=1S/C13H8Cl2NO/c14-10-6-7-11(15)12(8-10)16-13(17)9-4-2-1-3-5-9/h1-5,7-8H,(H,16,17). The molecule has 0 aromatic heterocycles. The van der Waals surface area contributed by atoms with Crippen LogP contribution in [0.5, 0.6) is 0 Å². The molecule has 0 fully saturated rings. The van der Waals surface area contributed by atoms with Crippen molar-refractivity contribution in [2.75, 3.05) is 5.32 Å². The molecule has 0 aliphatic rings. The lowest BCUT2D eigenvalue weighted by molar-refractivity contribution is 0.102. The first-order chi connectivity index (χ1) is 8.16. The van der Waals surface area contributed by atoms with Gasteiger partial charge in [-0.05, 0) is 24.3 Å². The van der Waals surface area contributed by atoms with E-state index in [1.165, 1.54) is 6.07 Å². The van der Waals surface area contributed by atoms with E-state index < -0.39 is 0 Å². The van der Waals surface area contributed by atoms with Gasteiger partial charge in [0.1, 0.15) is 0 Å². The molecule has 0 aliphatic heterocycles. The third kappa shape index (κ3) is 2.99. The minimum Gasteiger partial charge on any atom is -0.321 e. The van der Waals surface area contributed by atoms with Crippen LogP contribution in [0.15, 0.2) is 42.5 Å². The van der Waals surface area contributed by atoms with Crippen LogP contribution in [0.1, 0.15) is 10.4 Å². The summed E-state index contributed by atoms with van der Waals surface area (Å²) < 4.78 is 0. The van der Waals surface area contributed by atoms with Crippen LogP contribution in [0.2, 0.25) is 10.0 Å². The van der Waals surface area contributed by atoms with Gasteiger partial charge in [0, 0.05) is 11.6 Å². The van der Waals surface area contributed by atoms with Crippen LogP contribution >= 0.6 is 23.2 Å². The zero-order valence-corrected chi connectivity index (χ0v) is 10.2. The fourth-order valence-corrected chi connectivity index (χ4v) is 1.65. The number of rotatable bonds is 2. The molecule has 0 aliphatic carbocycles. The van der Waals surface area contributed by atoms with E-state index in [1.807, 2.05) is 6.07 Å². The Labute approximate surface area is 109 Å². The Morgan fingerprint density at radius 3 is 2.59 bits per heavy atom. The third-order valence-corrected chi connectivity index (χ3v) is 2.68. The van der Waals surface area contributed by atoms with Crippen molar-refractivity contribution >= 4 is 34.8 Å². The van der Waals surface area contributed by atoms with E-state index in [-0.39, 0.29) is 5.91 Å². The number of amides is 1. The molecule has 0 spiro atoms.